The predicted octanol–water partition coefficient (Wildman–Crippen LogP) is 0.383. The van der Waals surface area contributed by atoms with Crippen LogP contribution in [0.2, 0.25) is 0 Å². The SMILES string of the molecule is CC(C#N)N(C)S(=O)(=O)C(F)F. The third kappa shape index (κ3) is 2.12. The van der Waals surface area contributed by atoms with Crippen molar-refractivity contribution in [1.29, 1.82) is 5.26 Å². The minimum Gasteiger partial charge on any atom is -0.206 e. The fraction of sp³-hybridized carbons (Fsp3) is 0.800. The highest BCUT2D eigenvalue weighted by molar-refractivity contribution is 7.89. The van der Waals surface area contributed by atoms with E-state index in [1.54, 1.807) is 0 Å². The second kappa shape index (κ2) is 3.78. The fourth-order valence-corrected chi connectivity index (χ4v) is 1.17. The first-order chi connectivity index (χ1) is 5.34. The Labute approximate surface area is 69.4 Å². The maximum Gasteiger partial charge on any atom is 0.350 e. The van der Waals surface area contributed by atoms with Gasteiger partial charge in [0.2, 0.25) is 0 Å². The van der Waals surface area contributed by atoms with Gasteiger partial charge < -0.3 is 0 Å². The molecular formula is C5H8F2N2O2S. The lowest BCUT2D eigenvalue weighted by Crippen LogP contribution is -2.37. The zero-order chi connectivity index (χ0) is 9.94. The van der Waals surface area contributed by atoms with E-state index >= 15 is 0 Å². The van der Waals surface area contributed by atoms with Crippen LogP contribution in [0.15, 0.2) is 0 Å². The van der Waals surface area contributed by atoms with Crippen LogP contribution in [0.25, 0.3) is 0 Å². The van der Waals surface area contributed by atoms with Crippen LogP contribution in [-0.4, -0.2) is 31.6 Å². The number of hydrogen-bond acceptors (Lipinski definition) is 3. The highest BCUT2D eigenvalue weighted by Gasteiger charge is 2.32. The van der Waals surface area contributed by atoms with Gasteiger partial charge in [-0.1, -0.05) is 0 Å². The lowest BCUT2D eigenvalue weighted by molar-refractivity contribution is 0.220. The average molecular weight is 198 g/mol. The van der Waals surface area contributed by atoms with E-state index in [-0.39, 0.29) is 0 Å². The molecule has 4 nitrogen and oxygen atoms in total. The summed E-state index contributed by atoms with van der Waals surface area (Å²) in [5.41, 5.74) is 0. The van der Waals surface area contributed by atoms with Gasteiger partial charge in [-0.2, -0.15) is 18.3 Å². The number of alkyl halides is 2. The second-order valence-corrected chi connectivity index (χ2v) is 4.09. The molecular weight excluding hydrogens is 190 g/mol. The molecule has 0 aliphatic carbocycles. The first-order valence-corrected chi connectivity index (χ1v) is 4.49. The summed E-state index contributed by atoms with van der Waals surface area (Å²) in [4.78, 5) is 0. The summed E-state index contributed by atoms with van der Waals surface area (Å²) >= 11 is 0. The zero-order valence-electron chi connectivity index (χ0n) is 6.53. The summed E-state index contributed by atoms with van der Waals surface area (Å²) in [6.07, 6.45) is 0. The Morgan fingerprint density at radius 1 is 1.50 bits per heavy atom. The quantitative estimate of drug-likeness (QED) is 0.658. The second-order valence-electron chi connectivity index (χ2n) is 2.13. The maximum absolute atomic E-state index is 11.8. The van der Waals surface area contributed by atoms with Gasteiger partial charge in [-0.15, -0.1) is 0 Å². The molecule has 0 aliphatic heterocycles. The molecule has 12 heavy (non-hydrogen) atoms. The lowest BCUT2D eigenvalue weighted by Gasteiger charge is -2.17. The van der Waals surface area contributed by atoms with Gasteiger partial charge >= 0.3 is 5.76 Å². The molecule has 0 spiro atoms. The number of nitrogens with zero attached hydrogens (tertiary/aromatic N) is 2. The van der Waals surface area contributed by atoms with Crippen molar-refractivity contribution in [2.75, 3.05) is 7.05 Å². The van der Waals surface area contributed by atoms with E-state index < -0.39 is 21.8 Å². The summed E-state index contributed by atoms with van der Waals surface area (Å²) in [5.74, 6) is -3.47. The molecule has 1 unspecified atom stereocenters. The van der Waals surface area contributed by atoms with Crippen molar-refractivity contribution in [3.05, 3.63) is 0 Å². The third-order valence-corrected chi connectivity index (χ3v) is 2.93. The van der Waals surface area contributed by atoms with Gasteiger partial charge in [-0.05, 0) is 6.92 Å². The molecule has 1 atom stereocenters. The lowest BCUT2D eigenvalue weighted by atomic mass is 10.4. The van der Waals surface area contributed by atoms with Crippen LogP contribution in [0, 0.1) is 11.3 Å². The number of rotatable bonds is 3. The largest absolute Gasteiger partial charge is 0.350 e. The van der Waals surface area contributed by atoms with Gasteiger partial charge in [0.25, 0.3) is 10.0 Å². The van der Waals surface area contributed by atoms with E-state index in [4.69, 9.17) is 5.26 Å². The van der Waals surface area contributed by atoms with Gasteiger partial charge in [-0.25, -0.2) is 8.42 Å². The molecule has 0 saturated heterocycles. The Kier molecular flexibility index (Phi) is 3.55. The maximum atomic E-state index is 11.8. The molecule has 0 rings (SSSR count). The highest BCUT2D eigenvalue weighted by Crippen LogP contribution is 2.12. The molecule has 0 saturated carbocycles. The number of nitriles is 1. The van der Waals surface area contributed by atoms with Crippen LogP contribution in [0.1, 0.15) is 6.92 Å². The van der Waals surface area contributed by atoms with E-state index in [0.29, 0.717) is 4.31 Å². The van der Waals surface area contributed by atoms with E-state index in [0.717, 1.165) is 7.05 Å². The Morgan fingerprint density at radius 3 is 2.17 bits per heavy atom. The van der Waals surface area contributed by atoms with Crippen LogP contribution in [0.3, 0.4) is 0 Å². The Balaban J connectivity index is 4.73. The van der Waals surface area contributed by atoms with Crippen molar-refractivity contribution in [1.82, 2.24) is 4.31 Å². The van der Waals surface area contributed by atoms with Crippen molar-refractivity contribution in [2.45, 2.75) is 18.7 Å². The molecule has 0 aromatic heterocycles. The molecule has 0 heterocycles. The molecule has 0 bridgehead atoms. The molecule has 0 radical (unpaired) electrons. The van der Waals surface area contributed by atoms with Crippen molar-refractivity contribution >= 4 is 10.0 Å². The van der Waals surface area contributed by atoms with Crippen molar-refractivity contribution in [3.63, 3.8) is 0 Å². The minimum atomic E-state index is -4.61. The van der Waals surface area contributed by atoms with Gasteiger partial charge in [0.05, 0.1) is 6.07 Å². The van der Waals surface area contributed by atoms with Gasteiger partial charge in [0, 0.05) is 7.05 Å². The van der Waals surface area contributed by atoms with Crippen LogP contribution in [-0.2, 0) is 10.0 Å². The fourth-order valence-electron chi connectivity index (χ4n) is 0.427. The Hall–Kier alpha value is -0.740. The standard InChI is InChI=1S/C5H8F2N2O2S/c1-4(3-8)9(2)12(10,11)5(6)7/h4-5H,1-2H3. The van der Waals surface area contributed by atoms with E-state index in [1.807, 2.05) is 0 Å². The molecule has 0 fully saturated rings. The zero-order valence-corrected chi connectivity index (χ0v) is 7.35. The molecule has 0 aromatic rings. The van der Waals surface area contributed by atoms with Gasteiger partial charge in [0.1, 0.15) is 6.04 Å². The van der Waals surface area contributed by atoms with Crippen molar-refractivity contribution in [2.24, 2.45) is 0 Å². The molecule has 70 valence electrons. The van der Waals surface area contributed by atoms with Crippen LogP contribution in [0.4, 0.5) is 8.78 Å². The van der Waals surface area contributed by atoms with Crippen molar-refractivity contribution < 1.29 is 17.2 Å². The molecule has 0 aliphatic rings. The third-order valence-electron chi connectivity index (χ3n) is 1.36. The smallest absolute Gasteiger partial charge is 0.206 e. The monoisotopic (exact) mass is 198 g/mol. The summed E-state index contributed by atoms with van der Waals surface area (Å²) < 4.78 is 45.3. The van der Waals surface area contributed by atoms with Crippen LogP contribution in [0.5, 0.6) is 0 Å². The van der Waals surface area contributed by atoms with Gasteiger partial charge in [0.15, 0.2) is 0 Å². The Bertz CT molecular complexity index is 282. The number of sulfonamides is 1. The summed E-state index contributed by atoms with van der Waals surface area (Å²) in [6, 6.07) is 0.459. The van der Waals surface area contributed by atoms with E-state index in [1.165, 1.54) is 13.0 Å². The number of halogens is 2. The minimum absolute atomic E-state index is 0.345. The topological polar surface area (TPSA) is 61.2 Å². The normalized spacial score (nSPS) is 14.8. The first kappa shape index (κ1) is 11.3. The Morgan fingerprint density at radius 2 is 1.92 bits per heavy atom. The predicted molar refractivity (Wildman–Crippen MR) is 37.8 cm³/mol. The highest BCUT2D eigenvalue weighted by atomic mass is 32.2. The first-order valence-electron chi connectivity index (χ1n) is 2.98. The van der Waals surface area contributed by atoms with Gasteiger partial charge in [-0.3, -0.25) is 0 Å². The van der Waals surface area contributed by atoms with Crippen LogP contribution >= 0.6 is 0 Å². The molecule has 0 amide bonds. The molecule has 0 aromatic carbocycles. The van der Waals surface area contributed by atoms with Crippen LogP contribution < -0.4 is 0 Å². The number of hydrogen-bond donors (Lipinski definition) is 0. The summed E-state index contributed by atoms with van der Waals surface area (Å²) in [6.45, 7) is 1.22. The summed E-state index contributed by atoms with van der Waals surface area (Å²) in [5, 5.41) is 8.25. The average Bonchev–Trinajstić information content (AvgIpc) is 2.01. The summed E-state index contributed by atoms with van der Waals surface area (Å²) in [7, 11) is -3.67. The van der Waals surface area contributed by atoms with E-state index in [2.05, 4.69) is 0 Å². The van der Waals surface area contributed by atoms with E-state index in [9.17, 15) is 17.2 Å². The molecule has 0 N–H and O–H groups in total. The van der Waals surface area contributed by atoms with Crippen molar-refractivity contribution in [3.8, 4) is 6.07 Å². The molecule has 7 heteroatoms.